The van der Waals surface area contributed by atoms with Gasteiger partial charge in [-0.05, 0) is 62.6 Å². The van der Waals surface area contributed by atoms with Gasteiger partial charge in [-0.3, -0.25) is 9.88 Å². The molecule has 146 valence electrons. The summed E-state index contributed by atoms with van der Waals surface area (Å²) in [4.78, 5) is 6.69. The Bertz CT molecular complexity index is 1040. The van der Waals surface area contributed by atoms with Gasteiger partial charge in [-0.1, -0.05) is 6.07 Å². The minimum absolute atomic E-state index is 0.202. The molecule has 1 N–H and O–H groups in total. The summed E-state index contributed by atoms with van der Waals surface area (Å²) in [6.45, 7) is 6.05. The third-order valence-corrected chi connectivity index (χ3v) is 6.52. The molecule has 1 saturated heterocycles. The topological polar surface area (TPSA) is 41.3 Å². The number of fused-ring (bicyclic) bond motifs is 4. The minimum atomic E-state index is -1.13. The molecule has 2 aromatic heterocycles. The predicted molar refractivity (Wildman–Crippen MR) is 108 cm³/mol. The van der Waals surface area contributed by atoms with E-state index in [0.717, 1.165) is 36.0 Å². The number of hydrogen-bond acceptors (Lipinski definition) is 3. The highest BCUT2D eigenvalue weighted by atomic mass is 19.1. The smallest absolute Gasteiger partial charge is 0.147 e. The van der Waals surface area contributed by atoms with Crippen molar-refractivity contribution in [1.29, 1.82) is 0 Å². The lowest BCUT2D eigenvalue weighted by Crippen LogP contribution is -2.37. The molecule has 1 fully saturated rings. The zero-order valence-electron chi connectivity index (χ0n) is 16.5. The maximum absolute atomic E-state index is 15.1. The Balaban J connectivity index is 1.68. The largest absolute Gasteiger partial charge is 0.384 e. The summed E-state index contributed by atoms with van der Waals surface area (Å²) in [6.07, 6.45) is 6.74. The van der Waals surface area contributed by atoms with Crippen molar-refractivity contribution in [2.75, 3.05) is 6.54 Å². The van der Waals surface area contributed by atoms with Crippen LogP contribution in [0.3, 0.4) is 0 Å². The maximum Gasteiger partial charge on any atom is 0.147 e. The van der Waals surface area contributed by atoms with Crippen LogP contribution in [-0.2, 0) is 25.1 Å². The van der Waals surface area contributed by atoms with Crippen LogP contribution in [0.4, 0.5) is 4.39 Å². The van der Waals surface area contributed by atoms with Crippen molar-refractivity contribution in [1.82, 2.24) is 14.5 Å². The van der Waals surface area contributed by atoms with Crippen molar-refractivity contribution in [3.63, 3.8) is 0 Å². The molecule has 0 saturated carbocycles. The summed E-state index contributed by atoms with van der Waals surface area (Å²) in [5, 5.41) is 12.3. The van der Waals surface area contributed by atoms with Crippen molar-refractivity contribution in [2.24, 2.45) is 0 Å². The van der Waals surface area contributed by atoms with Gasteiger partial charge in [-0.2, -0.15) is 0 Å². The fraction of sp³-hybridized carbons (Fsp3) is 0.435. The fourth-order valence-electron chi connectivity index (χ4n) is 5.12. The molecule has 5 heteroatoms. The summed E-state index contributed by atoms with van der Waals surface area (Å²) in [7, 11) is 0. The summed E-state index contributed by atoms with van der Waals surface area (Å²) < 4.78 is 17.2. The summed E-state index contributed by atoms with van der Waals surface area (Å²) in [5.41, 5.74) is 3.60. The van der Waals surface area contributed by atoms with Gasteiger partial charge in [0.1, 0.15) is 11.4 Å². The number of pyridine rings is 1. The molecule has 0 aliphatic carbocycles. The van der Waals surface area contributed by atoms with E-state index in [1.165, 1.54) is 24.1 Å². The maximum atomic E-state index is 15.1. The normalized spacial score (nSPS) is 21.5. The Labute approximate surface area is 164 Å². The first kappa shape index (κ1) is 17.8. The van der Waals surface area contributed by atoms with Gasteiger partial charge in [-0.25, -0.2) is 4.39 Å². The first-order valence-electron chi connectivity index (χ1n) is 10.1. The number of nitrogens with zero attached hydrogens (tertiary/aromatic N) is 3. The van der Waals surface area contributed by atoms with Crippen LogP contribution in [0.1, 0.15) is 42.1 Å². The SMILES string of the molecule is Cc1cc(F)c2c(c1)c1c(n2CC(C)(O)c2cccnc2)CC2CCCN2C1. The Hall–Kier alpha value is -2.24. The molecule has 28 heavy (non-hydrogen) atoms. The number of halogens is 1. The average molecular weight is 379 g/mol. The number of aromatic nitrogens is 2. The third kappa shape index (κ3) is 2.76. The zero-order valence-corrected chi connectivity index (χ0v) is 16.5. The summed E-state index contributed by atoms with van der Waals surface area (Å²) >= 11 is 0. The molecule has 0 bridgehead atoms. The molecule has 1 aromatic carbocycles. The van der Waals surface area contributed by atoms with Crippen molar-refractivity contribution >= 4 is 10.9 Å². The average Bonchev–Trinajstić information content (AvgIpc) is 3.23. The lowest BCUT2D eigenvalue weighted by molar-refractivity contribution is 0.0377. The first-order valence-corrected chi connectivity index (χ1v) is 10.1. The molecule has 2 aliphatic heterocycles. The van der Waals surface area contributed by atoms with Crippen LogP contribution >= 0.6 is 0 Å². The monoisotopic (exact) mass is 379 g/mol. The molecular formula is C23H26FN3O. The van der Waals surface area contributed by atoms with E-state index in [0.29, 0.717) is 18.1 Å². The Kier molecular flexibility index (Phi) is 4.07. The van der Waals surface area contributed by atoms with Crippen LogP contribution in [0, 0.1) is 12.7 Å². The molecular weight excluding hydrogens is 353 g/mol. The highest BCUT2D eigenvalue weighted by molar-refractivity contribution is 5.87. The highest BCUT2D eigenvalue weighted by Gasteiger charge is 2.36. The molecule has 2 unspecified atom stereocenters. The minimum Gasteiger partial charge on any atom is -0.384 e. The summed E-state index contributed by atoms with van der Waals surface area (Å²) in [5.74, 6) is -0.202. The molecule has 3 aromatic rings. The van der Waals surface area contributed by atoms with Gasteiger partial charge in [0, 0.05) is 48.0 Å². The highest BCUT2D eigenvalue weighted by Crippen LogP contribution is 2.39. The number of hydrogen-bond donors (Lipinski definition) is 1. The van der Waals surface area contributed by atoms with Crippen molar-refractivity contribution in [3.8, 4) is 0 Å². The number of benzene rings is 1. The van der Waals surface area contributed by atoms with Crippen molar-refractivity contribution in [3.05, 3.63) is 64.9 Å². The van der Waals surface area contributed by atoms with Gasteiger partial charge in [0.25, 0.3) is 0 Å². The van der Waals surface area contributed by atoms with Crippen LogP contribution in [0.5, 0.6) is 0 Å². The Morgan fingerprint density at radius 2 is 2.21 bits per heavy atom. The van der Waals surface area contributed by atoms with E-state index in [-0.39, 0.29) is 5.82 Å². The number of aryl methyl sites for hydroxylation is 1. The molecule has 4 heterocycles. The van der Waals surface area contributed by atoms with E-state index in [9.17, 15) is 5.11 Å². The van der Waals surface area contributed by atoms with Gasteiger partial charge < -0.3 is 9.67 Å². The van der Waals surface area contributed by atoms with Crippen LogP contribution in [-0.4, -0.2) is 32.1 Å². The molecule has 2 aliphatic rings. The predicted octanol–water partition coefficient (Wildman–Crippen LogP) is 3.91. The van der Waals surface area contributed by atoms with Crippen molar-refractivity contribution < 1.29 is 9.50 Å². The van der Waals surface area contributed by atoms with E-state index < -0.39 is 5.60 Å². The van der Waals surface area contributed by atoms with Crippen LogP contribution < -0.4 is 0 Å². The van der Waals surface area contributed by atoms with Crippen molar-refractivity contribution in [2.45, 2.75) is 57.8 Å². The molecule has 4 nitrogen and oxygen atoms in total. The molecule has 0 spiro atoms. The first-order chi connectivity index (χ1) is 13.4. The lowest BCUT2D eigenvalue weighted by Gasteiger charge is -2.32. The Morgan fingerprint density at radius 1 is 1.36 bits per heavy atom. The second kappa shape index (κ2) is 6.39. The molecule has 2 atom stereocenters. The third-order valence-electron chi connectivity index (χ3n) is 6.52. The van der Waals surface area contributed by atoms with Gasteiger partial charge in [-0.15, -0.1) is 0 Å². The van der Waals surface area contributed by atoms with Gasteiger partial charge in [0.2, 0.25) is 0 Å². The van der Waals surface area contributed by atoms with Gasteiger partial charge in [0.15, 0.2) is 0 Å². The van der Waals surface area contributed by atoms with Crippen LogP contribution in [0.2, 0.25) is 0 Å². The standard InChI is InChI=1S/C23H26FN3O/c1-15-9-18-19-13-26-8-4-6-17(26)11-21(19)27(22(18)20(24)10-15)14-23(2,28)16-5-3-7-25-12-16/h3,5,7,9-10,12,17,28H,4,6,8,11,13-14H2,1-2H3. The quantitative estimate of drug-likeness (QED) is 0.750. The Morgan fingerprint density at radius 3 is 3.00 bits per heavy atom. The summed E-state index contributed by atoms with van der Waals surface area (Å²) in [6, 6.07) is 7.94. The van der Waals surface area contributed by atoms with E-state index in [1.807, 2.05) is 23.6 Å². The van der Waals surface area contributed by atoms with Gasteiger partial charge >= 0.3 is 0 Å². The van der Waals surface area contributed by atoms with Gasteiger partial charge in [0.05, 0.1) is 12.1 Å². The zero-order chi connectivity index (χ0) is 19.5. The van der Waals surface area contributed by atoms with E-state index in [2.05, 4.69) is 16.0 Å². The van der Waals surface area contributed by atoms with E-state index in [1.54, 1.807) is 25.4 Å². The van der Waals surface area contributed by atoms with E-state index in [4.69, 9.17) is 0 Å². The molecule has 0 amide bonds. The van der Waals surface area contributed by atoms with Crippen LogP contribution in [0.15, 0.2) is 36.7 Å². The van der Waals surface area contributed by atoms with Crippen LogP contribution in [0.25, 0.3) is 10.9 Å². The fourth-order valence-corrected chi connectivity index (χ4v) is 5.12. The lowest BCUT2D eigenvalue weighted by atomic mass is 9.96. The number of rotatable bonds is 3. The number of aliphatic hydroxyl groups is 1. The van der Waals surface area contributed by atoms with E-state index >= 15 is 4.39 Å². The molecule has 5 rings (SSSR count). The molecule has 0 radical (unpaired) electrons. The second-order valence-corrected chi connectivity index (χ2v) is 8.64. The second-order valence-electron chi connectivity index (χ2n) is 8.64.